The van der Waals surface area contributed by atoms with Crippen molar-refractivity contribution >= 4 is 21.6 Å². The van der Waals surface area contributed by atoms with Gasteiger partial charge in [-0.25, -0.2) is 13.4 Å². The van der Waals surface area contributed by atoms with Crippen molar-refractivity contribution in [2.75, 3.05) is 25.5 Å². The number of amides is 1. The molecule has 1 aromatic carbocycles. The molecule has 1 saturated heterocycles. The van der Waals surface area contributed by atoms with Crippen LogP contribution in [0.25, 0.3) is 0 Å². The zero-order chi connectivity index (χ0) is 20.9. The van der Waals surface area contributed by atoms with Crippen LogP contribution in [0.15, 0.2) is 47.5 Å². The molecule has 1 N–H and O–H groups in total. The molecule has 9 heteroatoms. The molecular weight excluding hydrogens is 394 g/mol. The molecule has 2 aromatic rings. The third-order valence-electron chi connectivity index (χ3n) is 4.71. The maximum Gasteiger partial charge on any atom is 0.243 e. The van der Waals surface area contributed by atoms with E-state index in [2.05, 4.69) is 10.3 Å². The van der Waals surface area contributed by atoms with Crippen LogP contribution in [-0.4, -0.2) is 49.9 Å². The van der Waals surface area contributed by atoms with Crippen molar-refractivity contribution in [1.29, 1.82) is 0 Å². The normalized spacial score (nSPS) is 15.7. The van der Waals surface area contributed by atoms with Crippen molar-refractivity contribution < 1.29 is 22.7 Å². The first-order chi connectivity index (χ1) is 13.9. The van der Waals surface area contributed by atoms with Crippen molar-refractivity contribution in [1.82, 2.24) is 9.29 Å². The van der Waals surface area contributed by atoms with Gasteiger partial charge in [-0.2, -0.15) is 4.31 Å². The van der Waals surface area contributed by atoms with Gasteiger partial charge in [0.25, 0.3) is 0 Å². The van der Waals surface area contributed by atoms with Gasteiger partial charge in [0, 0.05) is 31.6 Å². The van der Waals surface area contributed by atoms with Crippen molar-refractivity contribution in [3.8, 4) is 11.6 Å². The molecular formula is C20H25N3O5S. The maximum absolute atomic E-state index is 12.9. The molecule has 156 valence electrons. The number of hydrogen-bond donors (Lipinski definition) is 1. The molecule has 29 heavy (non-hydrogen) atoms. The number of hydrogen-bond acceptors (Lipinski definition) is 6. The molecule has 1 aliphatic heterocycles. The summed E-state index contributed by atoms with van der Waals surface area (Å²) in [6.45, 7) is 2.52. The fraction of sp³-hybridized carbons (Fsp3) is 0.400. The molecule has 2 heterocycles. The van der Waals surface area contributed by atoms with Crippen LogP contribution in [0.4, 0.5) is 5.69 Å². The predicted molar refractivity (Wildman–Crippen MR) is 109 cm³/mol. The van der Waals surface area contributed by atoms with E-state index >= 15 is 0 Å². The number of aromatic nitrogens is 1. The number of carbonyl (C=O) groups is 1. The van der Waals surface area contributed by atoms with Gasteiger partial charge in [0.15, 0.2) is 0 Å². The summed E-state index contributed by atoms with van der Waals surface area (Å²) in [5.41, 5.74) is 0.614. The lowest BCUT2D eigenvalue weighted by molar-refractivity contribution is -0.115. The smallest absolute Gasteiger partial charge is 0.243 e. The van der Waals surface area contributed by atoms with E-state index in [-0.39, 0.29) is 16.9 Å². The highest BCUT2D eigenvalue weighted by atomic mass is 32.2. The third-order valence-corrected chi connectivity index (χ3v) is 6.60. The minimum atomic E-state index is -3.57. The summed E-state index contributed by atoms with van der Waals surface area (Å²) in [7, 11) is -2.06. The van der Waals surface area contributed by atoms with E-state index in [9.17, 15) is 13.2 Å². The Morgan fingerprint density at radius 3 is 2.62 bits per heavy atom. The van der Waals surface area contributed by atoms with Gasteiger partial charge >= 0.3 is 0 Å². The Balaban J connectivity index is 1.57. The summed E-state index contributed by atoms with van der Waals surface area (Å²) in [6, 6.07) is 9.91. The maximum atomic E-state index is 12.9. The number of nitrogens with zero attached hydrogens (tertiary/aromatic N) is 2. The number of benzene rings is 1. The number of nitrogens with one attached hydrogen (secondary N) is 1. The summed E-state index contributed by atoms with van der Waals surface area (Å²) in [5, 5.41) is 2.73. The molecule has 0 aliphatic carbocycles. The highest BCUT2D eigenvalue weighted by molar-refractivity contribution is 7.89. The van der Waals surface area contributed by atoms with E-state index in [0.29, 0.717) is 49.7 Å². The Hall–Kier alpha value is -2.65. The second-order valence-corrected chi connectivity index (χ2v) is 8.63. The quantitative estimate of drug-likeness (QED) is 0.741. The molecule has 0 bridgehead atoms. The summed E-state index contributed by atoms with van der Waals surface area (Å²) in [4.78, 5) is 15.8. The second-order valence-electron chi connectivity index (χ2n) is 6.69. The van der Waals surface area contributed by atoms with Crippen LogP contribution >= 0.6 is 0 Å². The van der Waals surface area contributed by atoms with E-state index < -0.39 is 10.0 Å². The van der Waals surface area contributed by atoms with Crippen LogP contribution in [0.1, 0.15) is 26.2 Å². The van der Waals surface area contributed by atoms with E-state index in [1.54, 1.807) is 43.5 Å². The van der Waals surface area contributed by atoms with Gasteiger partial charge in [0.1, 0.15) is 11.9 Å². The van der Waals surface area contributed by atoms with Crippen molar-refractivity contribution in [2.24, 2.45) is 0 Å². The minimum Gasteiger partial charge on any atom is -0.497 e. The number of rotatable bonds is 7. The number of methoxy groups -OCH3 is 1. The molecule has 0 saturated carbocycles. The molecule has 1 amide bonds. The lowest BCUT2D eigenvalue weighted by Crippen LogP contribution is -2.41. The first-order valence-electron chi connectivity index (χ1n) is 9.49. The first kappa shape index (κ1) is 21.1. The van der Waals surface area contributed by atoms with Crippen molar-refractivity contribution in [3.63, 3.8) is 0 Å². The third kappa shape index (κ3) is 5.24. The van der Waals surface area contributed by atoms with Gasteiger partial charge in [-0.1, -0.05) is 13.0 Å². The number of pyridine rings is 1. The highest BCUT2D eigenvalue weighted by Gasteiger charge is 2.30. The number of carbonyl (C=O) groups excluding carboxylic acids is 1. The van der Waals surface area contributed by atoms with Gasteiger partial charge in [-0.3, -0.25) is 4.79 Å². The monoisotopic (exact) mass is 419 g/mol. The van der Waals surface area contributed by atoms with Crippen LogP contribution in [0.5, 0.6) is 11.6 Å². The molecule has 0 spiro atoms. The summed E-state index contributed by atoms with van der Waals surface area (Å²) in [5.74, 6) is 0.882. The van der Waals surface area contributed by atoms with Crippen LogP contribution < -0.4 is 14.8 Å². The Labute approximate surface area is 170 Å². The summed E-state index contributed by atoms with van der Waals surface area (Å²) < 4.78 is 38.2. The van der Waals surface area contributed by atoms with Crippen molar-refractivity contribution in [2.45, 2.75) is 37.2 Å². The molecule has 1 fully saturated rings. The van der Waals surface area contributed by atoms with Crippen molar-refractivity contribution in [3.05, 3.63) is 42.6 Å². The Morgan fingerprint density at radius 2 is 2.00 bits per heavy atom. The van der Waals surface area contributed by atoms with E-state index in [0.717, 1.165) is 0 Å². The predicted octanol–water partition coefficient (Wildman–Crippen LogP) is 2.67. The second kappa shape index (κ2) is 9.23. The number of anilines is 1. The standard InChI is InChI=1S/C20H25N3O5S/c1-3-19(24)22-15-7-8-20(21-14-15)28-16-9-11-23(12-10-16)29(25,26)18-6-4-5-17(13-18)27-2/h4-8,13-14,16H,3,9-12H2,1-2H3,(H,22,24). The van der Waals surface area contributed by atoms with Crippen LogP contribution in [0.3, 0.4) is 0 Å². The molecule has 1 aliphatic rings. The van der Waals surface area contributed by atoms with E-state index in [1.807, 2.05) is 0 Å². The summed E-state index contributed by atoms with van der Waals surface area (Å²) in [6.07, 6.45) is 2.97. The van der Waals surface area contributed by atoms with Gasteiger partial charge in [-0.15, -0.1) is 0 Å². The lowest BCUT2D eigenvalue weighted by atomic mass is 10.1. The molecule has 1 aromatic heterocycles. The number of piperidine rings is 1. The molecule has 3 rings (SSSR count). The average Bonchev–Trinajstić information content (AvgIpc) is 2.75. The number of sulfonamides is 1. The van der Waals surface area contributed by atoms with Gasteiger partial charge in [0.2, 0.25) is 21.8 Å². The fourth-order valence-electron chi connectivity index (χ4n) is 3.05. The minimum absolute atomic E-state index is 0.0786. The molecule has 0 atom stereocenters. The largest absolute Gasteiger partial charge is 0.497 e. The van der Waals surface area contributed by atoms with Gasteiger partial charge < -0.3 is 14.8 Å². The highest BCUT2D eigenvalue weighted by Crippen LogP contribution is 2.25. The van der Waals surface area contributed by atoms with Gasteiger partial charge in [-0.05, 0) is 31.0 Å². The average molecular weight is 420 g/mol. The number of ether oxygens (including phenoxy) is 2. The SMILES string of the molecule is CCC(=O)Nc1ccc(OC2CCN(S(=O)(=O)c3cccc(OC)c3)CC2)nc1. The van der Waals surface area contributed by atoms with E-state index in [4.69, 9.17) is 9.47 Å². The van der Waals surface area contributed by atoms with Crippen LogP contribution in [0, 0.1) is 0 Å². The van der Waals surface area contributed by atoms with Gasteiger partial charge in [0.05, 0.1) is 23.9 Å². The molecule has 0 radical (unpaired) electrons. The van der Waals surface area contributed by atoms with Crippen LogP contribution in [-0.2, 0) is 14.8 Å². The Bertz CT molecular complexity index is 939. The Kier molecular flexibility index (Phi) is 6.71. The van der Waals surface area contributed by atoms with E-state index in [1.165, 1.54) is 17.5 Å². The Morgan fingerprint density at radius 1 is 1.24 bits per heavy atom. The van der Waals surface area contributed by atoms with Crippen LogP contribution in [0.2, 0.25) is 0 Å². The topological polar surface area (TPSA) is 97.8 Å². The lowest BCUT2D eigenvalue weighted by Gasteiger charge is -2.31. The first-order valence-corrected chi connectivity index (χ1v) is 10.9. The molecule has 0 unspecified atom stereocenters. The zero-order valence-corrected chi connectivity index (χ0v) is 17.3. The molecule has 8 nitrogen and oxygen atoms in total. The zero-order valence-electron chi connectivity index (χ0n) is 16.5. The fourth-order valence-corrected chi connectivity index (χ4v) is 4.55. The summed E-state index contributed by atoms with van der Waals surface area (Å²) >= 11 is 0.